The van der Waals surface area contributed by atoms with Crippen molar-refractivity contribution in [1.82, 2.24) is 0 Å². The quantitative estimate of drug-likeness (QED) is 0.407. The third-order valence-electron chi connectivity index (χ3n) is 4.99. The second-order valence-electron chi connectivity index (χ2n) is 6.71. The molecule has 0 radical (unpaired) electrons. The van der Waals surface area contributed by atoms with Gasteiger partial charge < -0.3 is 4.74 Å². The number of nitro benzene ring substituents is 1. The molecule has 0 amide bonds. The molecule has 3 aromatic carbocycles. The average Bonchev–Trinajstić information content (AvgIpc) is 3.16. The summed E-state index contributed by atoms with van der Waals surface area (Å²) < 4.78 is 6.26. The van der Waals surface area contributed by atoms with Crippen molar-refractivity contribution < 1.29 is 9.66 Å². The van der Waals surface area contributed by atoms with E-state index in [9.17, 15) is 15.4 Å². The van der Waals surface area contributed by atoms with Gasteiger partial charge in [0.25, 0.3) is 5.69 Å². The molecule has 1 aliphatic heterocycles. The minimum atomic E-state index is -1.11. The van der Waals surface area contributed by atoms with Gasteiger partial charge >= 0.3 is 0 Å². The van der Waals surface area contributed by atoms with Crippen LogP contribution in [0.3, 0.4) is 0 Å². The van der Waals surface area contributed by atoms with Crippen LogP contribution < -0.4 is 0 Å². The first-order valence-electron chi connectivity index (χ1n) is 8.90. The number of ether oxygens (including phenoxy) is 1. The highest BCUT2D eigenvalue weighted by Gasteiger charge is 2.47. The zero-order chi connectivity index (χ0) is 20.4. The molecular formula is C23H15ClN2O3. The summed E-state index contributed by atoms with van der Waals surface area (Å²) in [5, 5.41) is 21.8. The molecule has 0 spiro atoms. The average molecular weight is 403 g/mol. The number of nitro groups is 1. The van der Waals surface area contributed by atoms with Gasteiger partial charge in [-0.25, -0.2) is 0 Å². The van der Waals surface area contributed by atoms with Crippen molar-refractivity contribution in [3.8, 4) is 6.07 Å². The monoisotopic (exact) mass is 402 g/mol. The van der Waals surface area contributed by atoms with Crippen LogP contribution >= 0.6 is 11.6 Å². The van der Waals surface area contributed by atoms with Crippen LogP contribution in [0.25, 0.3) is 5.76 Å². The zero-order valence-electron chi connectivity index (χ0n) is 15.2. The SMILES string of the molecule is N#C[C@]1(c2ccc(Cl)cc2)C=C(c2ccccc2)O[C@H]1c1ccc([N+](=O)[O-])cc1. The van der Waals surface area contributed by atoms with Gasteiger partial charge in [-0.2, -0.15) is 5.26 Å². The Morgan fingerprint density at radius 2 is 1.66 bits per heavy atom. The molecule has 142 valence electrons. The first-order valence-corrected chi connectivity index (χ1v) is 9.28. The molecule has 0 bridgehead atoms. The van der Waals surface area contributed by atoms with E-state index >= 15 is 0 Å². The highest BCUT2D eigenvalue weighted by molar-refractivity contribution is 6.30. The first kappa shape index (κ1) is 18.7. The zero-order valence-corrected chi connectivity index (χ0v) is 15.9. The van der Waals surface area contributed by atoms with E-state index < -0.39 is 16.4 Å². The Morgan fingerprint density at radius 3 is 2.24 bits per heavy atom. The molecule has 0 saturated heterocycles. The summed E-state index contributed by atoms with van der Waals surface area (Å²) in [4.78, 5) is 10.6. The Morgan fingerprint density at radius 1 is 1.00 bits per heavy atom. The maximum Gasteiger partial charge on any atom is 0.269 e. The van der Waals surface area contributed by atoms with Crippen molar-refractivity contribution in [2.75, 3.05) is 0 Å². The maximum atomic E-state index is 11.0. The van der Waals surface area contributed by atoms with Crippen molar-refractivity contribution in [3.05, 3.63) is 117 Å². The summed E-state index contributed by atoms with van der Waals surface area (Å²) in [6.45, 7) is 0. The van der Waals surface area contributed by atoms with E-state index in [2.05, 4.69) is 6.07 Å². The molecule has 1 aliphatic rings. The van der Waals surface area contributed by atoms with Gasteiger partial charge in [0.1, 0.15) is 11.2 Å². The Hall–Kier alpha value is -3.62. The van der Waals surface area contributed by atoms with Gasteiger partial charge in [0.05, 0.1) is 11.0 Å². The van der Waals surface area contributed by atoms with E-state index in [-0.39, 0.29) is 5.69 Å². The molecule has 6 heteroatoms. The molecule has 3 aromatic rings. The summed E-state index contributed by atoms with van der Waals surface area (Å²) in [5.41, 5.74) is 1.14. The Bertz CT molecular complexity index is 1120. The fourth-order valence-corrected chi connectivity index (χ4v) is 3.63. The lowest BCUT2D eigenvalue weighted by Crippen LogP contribution is -2.27. The Labute approximate surface area is 172 Å². The molecule has 0 aromatic heterocycles. The Kier molecular flexibility index (Phi) is 4.79. The second-order valence-corrected chi connectivity index (χ2v) is 7.15. The van der Waals surface area contributed by atoms with Crippen molar-refractivity contribution in [1.29, 1.82) is 5.26 Å². The number of rotatable bonds is 4. The third kappa shape index (κ3) is 3.35. The molecule has 5 nitrogen and oxygen atoms in total. The van der Waals surface area contributed by atoms with Gasteiger partial charge in [0.15, 0.2) is 6.10 Å². The van der Waals surface area contributed by atoms with E-state index in [4.69, 9.17) is 16.3 Å². The number of nitriles is 1. The van der Waals surface area contributed by atoms with Crippen molar-refractivity contribution >= 4 is 23.0 Å². The minimum Gasteiger partial charge on any atom is -0.483 e. The smallest absolute Gasteiger partial charge is 0.269 e. The summed E-state index contributed by atoms with van der Waals surface area (Å²) in [7, 11) is 0. The molecule has 2 atom stereocenters. The Balaban J connectivity index is 1.85. The van der Waals surface area contributed by atoms with E-state index in [0.29, 0.717) is 16.3 Å². The van der Waals surface area contributed by atoms with Crippen LogP contribution in [-0.2, 0) is 10.2 Å². The van der Waals surface area contributed by atoms with Crippen molar-refractivity contribution in [2.45, 2.75) is 11.5 Å². The first-order chi connectivity index (χ1) is 14.0. The van der Waals surface area contributed by atoms with Gasteiger partial charge in [-0.05, 0) is 41.5 Å². The molecule has 0 aliphatic carbocycles. The molecular weight excluding hydrogens is 388 g/mol. The van der Waals surface area contributed by atoms with Gasteiger partial charge in [-0.15, -0.1) is 0 Å². The summed E-state index contributed by atoms with van der Waals surface area (Å²) >= 11 is 6.04. The lowest BCUT2D eigenvalue weighted by Gasteiger charge is -2.27. The normalized spacial score (nSPS) is 20.4. The van der Waals surface area contributed by atoms with E-state index in [0.717, 1.165) is 11.1 Å². The molecule has 0 fully saturated rings. The van der Waals surface area contributed by atoms with Gasteiger partial charge in [-0.3, -0.25) is 10.1 Å². The number of nitrogens with zero attached hydrogens (tertiary/aromatic N) is 2. The van der Waals surface area contributed by atoms with E-state index in [1.165, 1.54) is 12.1 Å². The number of benzene rings is 3. The molecule has 4 rings (SSSR count). The summed E-state index contributed by atoms with van der Waals surface area (Å²) in [6.07, 6.45) is 1.15. The van der Waals surface area contributed by atoms with E-state index in [1.807, 2.05) is 36.4 Å². The predicted molar refractivity (Wildman–Crippen MR) is 110 cm³/mol. The van der Waals surface area contributed by atoms with Crippen LogP contribution in [0.2, 0.25) is 5.02 Å². The third-order valence-corrected chi connectivity index (χ3v) is 5.24. The summed E-state index contributed by atoms with van der Waals surface area (Å²) in [5.74, 6) is 0.588. The van der Waals surface area contributed by atoms with Crippen LogP contribution in [0.15, 0.2) is 84.9 Å². The number of non-ortho nitro benzene ring substituents is 1. The van der Waals surface area contributed by atoms with Crippen LogP contribution in [-0.4, -0.2) is 4.92 Å². The molecule has 1 heterocycles. The van der Waals surface area contributed by atoms with Crippen LogP contribution in [0.5, 0.6) is 0 Å². The van der Waals surface area contributed by atoms with Crippen molar-refractivity contribution in [3.63, 3.8) is 0 Å². The molecule has 29 heavy (non-hydrogen) atoms. The summed E-state index contributed by atoms with van der Waals surface area (Å²) in [6, 6.07) is 25.1. The highest BCUT2D eigenvalue weighted by atomic mass is 35.5. The van der Waals surface area contributed by atoms with Gasteiger partial charge in [-0.1, -0.05) is 54.1 Å². The lowest BCUT2D eigenvalue weighted by molar-refractivity contribution is -0.384. The van der Waals surface area contributed by atoms with Crippen molar-refractivity contribution in [2.24, 2.45) is 0 Å². The predicted octanol–water partition coefficient (Wildman–Crippen LogP) is 5.82. The van der Waals surface area contributed by atoms with E-state index in [1.54, 1.807) is 36.4 Å². The largest absolute Gasteiger partial charge is 0.483 e. The van der Waals surface area contributed by atoms with Crippen LogP contribution in [0.1, 0.15) is 22.8 Å². The molecule has 0 unspecified atom stereocenters. The van der Waals surface area contributed by atoms with Gasteiger partial charge in [0, 0.05) is 22.7 Å². The molecule has 0 N–H and O–H groups in total. The fourth-order valence-electron chi connectivity index (χ4n) is 3.51. The number of hydrogen-bond donors (Lipinski definition) is 0. The fraction of sp³-hybridized carbons (Fsp3) is 0.0870. The number of halogens is 1. The molecule has 0 saturated carbocycles. The standard InChI is InChI=1S/C23H15ClN2O3/c24-19-10-8-18(9-11-19)23(15-25)14-21(16-4-2-1-3-5-16)29-22(23)17-6-12-20(13-7-17)26(27)28/h1-14,22H/t22-,23-/m0/s1. The lowest BCUT2D eigenvalue weighted by atomic mass is 9.75. The minimum absolute atomic E-state index is 0.0166. The second kappa shape index (κ2) is 7.42. The van der Waals surface area contributed by atoms with Crippen LogP contribution in [0, 0.1) is 21.4 Å². The number of hydrogen-bond acceptors (Lipinski definition) is 4. The van der Waals surface area contributed by atoms with Crippen LogP contribution in [0.4, 0.5) is 5.69 Å². The highest BCUT2D eigenvalue weighted by Crippen LogP contribution is 2.50. The van der Waals surface area contributed by atoms with Gasteiger partial charge in [0.2, 0.25) is 0 Å². The topological polar surface area (TPSA) is 76.2 Å². The maximum absolute atomic E-state index is 11.0.